The molecule has 0 radical (unpaired) electrons. The molecule has 1 aromatic heterocycles. The molecular weight excluding hydrogens is 510 g/mol. The lowest BCUT2D eigenvalue weighted by Gasteiger charge is -2.31. The van der Waals surface area contributed by atoms with E-state index in [1.807, 2.05) is 30.3 Å². The third-order valence-corrected chi connectivity index (χ3v) is 9.91. The second kappa shape index (κ2) is 9.82. The average Bonchev–Trinajstić information content (AvgIpc) is 3.41. The van der Waals surface area contributed by atoms with E-state index in [0.29, 0.717) is 16.8 Å². The second-order valence-corrected chi connectivity index (χ2v) is 12.3. The van der Waals surface area contributed by atoms with Gasteiger partial charge in [0.25, 0.3) is 10.0 Å². The van der Waals surface area contributed by atoms with Crippen molar-refractivity contribution >= 4 is 25.7 Å². The third kappa shape index (κ3) is 4.74. The number of imidazole rings is 1. The van der Waals surface area contributed by atoms with Gasteiger partial charge in [0.1, 0.15) is 0 Å². The lowest BCUT2D eigenvalue weighted by Crippen LogP contribution is -2.47. The number of anilines is 1. The maximum absolute atomic E-state index is 14.0. The van der Waals surface area contributed by atoms with Crippen molar-refractivity contribution in [1.29, 1.82) is 5.26 Å². The molecule has 5 rings (SSSR count). The Morgan fingerprint density at radius 2 is 1.65 bits per heavy atom. The van der Waals surface area contributed by atoms with Gasteiger partial charge >= 0.3 is 0 Å². The number of nitriles is 1. The highest BCUT2D eigenvalue weighted by Gasteiger charge is 2.40. The predicted octanol–water partition coefficient (Wildman–Crippen LogP) is 3.29. The molecule has 37 heavy (non-hydrogen) atoms. The number of nitrogens with zero attached hydrogens (tertiary/aromatic N) is 4. The normalized spacial score (nSPS) is 16.5. The monoisotopic (exact) mass is 533 g/mol. The topological polar surface area (TPSA) is 127 Å². The fourth-order valence-electron chi connectivity index (χ4n) is 4.49. The van der Waals surface area contributed by atoms with E-state index in [4.69, 9.17) is 0 Å². The van der Waals surface area contributed by atoms with Gasteiger partial charge in [0.2, 0.25) is 10.0 Å². The zero-order chi connectivity index (χ0) is 26.0. The average molecular weight is 534 g/mol. The van der Waals surface area contributed by atoms with E-state index in [9.17, 15) is 22.1 Å². The molecule has 1 N–H and O–H groups in total. The van der Waals surface area contributed by atoms with Gasteiger partial charge in [-0.05, 0) is 47.9 Å². The Hall–Kier alpha value is -3.98. The van der Waals surface area contributed by atoms with Crippen LogP contribution in [0.1, 0.15) is 16.7 Å². The van der Waals surface area contributed by atoms with Crippen LogP contribution in [0.15, 0.2) is 101 Å². The van der Waals surface area contributed by atoms with Gasteiger partial charge < -0.3 is 4.98 Å². The summed E-state index contributed by atoms with van der Waals surface area (Å²) in [6.07, 6.45) is 2.77. The molecule has 0 saturated carbocycles. The highest BCUT2D eigenvalue weighted by Crippen LogP contribution is 2.35. The number of sulfonamides is 2. The minimum absolute atomic E-state index is 0.103. The van der Waals surface area contributed by atoms with E-state index in [0.717, 1.165) is 5.56 Å². The van der Waals surface area contributed by atoms with Gasteiger partial charge in [-0.25, -0.2) is 13.4 Å². The number of rotatable bonds is 6. The van der Waals surface area contributed by atoms with E-state index in [1.54, 1.807) is 30.3 Å². The maximum Gasteiger partial charge on any atom is 0.281 e. The van der Waals surface area contributed by atoms with E-state index >= 15 is 0 Å². The number of aromatic amines is 1. The largest absolute Gasteiger partial charge is 0.334 e. The fraction of sp³-hybridized carbons (Fsp3) is 0.154. The van der Waals surface area contributed by atoms with Crippen LogP contribution in [0.3, 0.4) is 0 Å². The Kier molecular flexibility index (Phi) is 6.55. The highest BCUT2D eigenvalue weighted by molar-refractivity contribution is 7.92. The minimum atomic E-state index is -4.12. The summed E-state index contributed by atoms with van der Waals surface area (Å²) in [5.74, 6) is 0. The van der Waals surface area contributed by atoms with Crippen molar-refractivity contribution < 1.29 is 16.8 Å². The number of benzene rings is 3. The Labute approximate surface area is 215 Å². The summed E-state index contributed by atoms with van der Waals surface area (Å²) >= 11 is 0. The molecule has 2 heterocycles. The van der Waals surface area contributed by atoms with Gasteiger partial charge in [-0.2, -0.15) is 18.0 Å². The number of aromatic nitrogens is 2. The Morgan fingerprint density at radius 3 is 2.30 bits per heavy atom. The molecule has 1 aliphatic rings. The molecule has 0 spiro atoms. The summed E-state index contributed by atoms with van der Waals surface area (Å²) in [5.41, 5.74) is 1.90. The van der Waals surface area contributed by atoms with Crippen LogP contribution in [-0.4, -0.2) is 43.7 Å². The molecule has 0 saturated heterocycles. The van der Waals surface area contributed by atoms with E-state index in [-0.39, 0.29) is 29.4 Å². The molecule has 3 aromatic carbocycles. The molecule has 0 amide bonds. The number of fused-ring (bicyclic) bond motifs is 1. The van der Waals surface area contributed by atoms with Gasteiger partial charge in [0, 0.05) is 12.6 Å². The van der Waals surface area contributed by atoms with Gasteiger partial charge in [0.05, 0.1) is 41.3 Å². The summed E-state index contributed by atoms with van der Waals surface area (Å²) in [6.45, 7) is -0.240. The lowest BCUT2D eigenvalue weighted by molar-refractivity contribution is 0.322. The molecule has 11 heteroatoms. The second-order valence-electron chi connectivity index (χ2n) is 8.61. The van der Waals surface area contributed by atoms with Crippen molar-refractivity contribution in [3.8, 4) is 6.07 Å². The van der Waals surface area contributed by atoms with Crippen LogP contribution >= 0.6 is 0 Å². The van der Waals surface area contributed by atoms with Crippen LogP contribution in [0.5, 0.6) is 0 Å². The number of hydrogen-bond acceptors (Lipinski definition) is 6. The third-order valence-electron chi connectivity index (χ3n) is 6.29. The van der Waals surface area contributed by atoms with E-state index < -0.39 is 26.1 Å². The molecule has 4 aromatic rings. The van der Waals surface area contributed by atoms with Gasteiger partial charge in [-0.1, -0.05) is 48.5 Å². The summed E-state index contributed by atoms with van der Waals surface area (Å²) in [7, 11) is -8.15. The first kappa shape index (κ1) is 24.7. The van der Waals surface area contributed by atoms with Crippen molar-refractivity contribution in [2.75, 3.05) is 10.8 Å². The number of nitrogens with one attached hydrogen (secondary N) is 1. The fourth-order valence-corrected chi connectivity index (χ4v) is 7.55. The quantitative estimate of drug-likeness (QED) is 0.405. The van der Waals surface area contributed by atoms with E-state index in [2.05, 4.69) is 16.0 Å². The summed E-state index contributed by atoms with van der Waals surface area (Å²) in [5, 5.41) is 9.40. The number of H-pyrrole nitrogens is 1. The molecule has 1 aliphatic heterocycles. The van der Waals surface area contributed by atoms with Crippen molar-refractivity contribution in [3.05, 3.63) is 108 Å². The molecule has 0 bridgehead atoms. The Balaban J connectivity index is 1.70. The summed E-state index contributed by atoms with van der Waals surface area (Å²) in [6, 6.07) is 23.4. The molecule has 1 atom stereocenters. The molecular formula is C26H23N5O4S2. The van der Waals surface area contributed by atoms with Crippen LogP contribution in [0.4, 0.5) is 5.69 Å². The van der Waals surface area contributed by atoms with Crippen LogP contribution in [-0.2, 0) is 33.0 Å². The van der Waals surface area contributed by atoms with Crippen LogP contribution < -0.4 is 4.31 Å². The zero-order valence-corrected chi connectivity index (χ0v) is 21.2. The molecule has 188 valence electrons. The summed E-state index contributed by atoms with van der Waals surface area (Å²) < 4.78 is 58.0. The predicted molar refractivity (Wildman–Crippen MR) is 137 cm³/mol. The molecule has 0 fully saturated rings. The summed E-state index contributed by atoms with van der Waals surface area (Å²) in [4.78, 5) is 6.62. The zero-order valence-electron chi connectivity index (χ0n) is 19.6. The van der Waals surface area contributed by atoms with E-state index in [1.165, 1.54) is 39.3 Å². The molecule has 0 unspecified atom stereocenters. The lowest BCUT2D eigenvalue weighted by atomic mass is 10.1. The van der Waals surface area contributed by atoms with Crippen molar-refractivity contribution in [3.63, 3.8) is 0 Å². The Bertz CT molecular complexity index is 1650. The smallest absolute Gasteiger partial charge is 0.281 e. The maximum atomic E-state index is 14.0. The SMILES string of the molecule is N#Cc1ccc2c(c1)CN(S(=O)(=O)c1ccccc1)[C@H](Cc1ccccc1)CN2S(=O)(=O)c1cnc[nH]1. The van der Waals surface area contributed by atoms with Gasteiger partial charge in [-0.3, -0.25) is 4.31 Å². The Morgan fingerprint density at radius 1 is 0.946 bits per heavy atom. The van der Waals surface area contributed by atoms with Crippen LogP contribution in [0.2, 0.25) is 0 Å². The molecule has 9 nitrogen and oxygen atoms in total. The minimum Gasteiger partial charge on any atom is -0.334 e. The standard InChI is InChI=1S/C26H23N5O4S2/c27-15-21-11-12-25-22(13-21)17-30(36(32,33)24-9-5-2-6-10-24)23(14-20-7-3-1-4-8-20)18-31(25)37(34,35)26-16-28-19-29-26/h1-13,16,19,23H,14,17-18H2,(H,28,29)/t23-/m1/s1. The molecule has 0 aliphatic carbocycles. The van der Waals surface area contributed by atoms with Crippen molar-refractivity contribution in [2.45, 2.75) is 28.9 Å². The van der Waals surface area contributed by atoms with Crippen molar-refractivity contribution in [2.24, 2.45) is 0 Å². The number of hydrogen-bond donors (Lipinski definition) is 1. The van der Waals surface area contributed by atoms with Crippen LogP contribution in [0.25, 0.3) is 0 Å². The van der Waals surface area contributed by atoms with Crippen molar-refractivity contribution in [1.82, 2.24) is 14.3 Å². The first-order valence-corrected chi connectivity index (χ1v) is 14.3. The van der Waals surface area contributed by atoms with Crippen LogP contribution in [0, 0.1) is 11.3 Å². The first-order valence-electron chi connectivity index (χ1n) is 11.5. The highest BCUT2D eigenvalue weighted by atomic mass is 32.2. The first-order chi connectivity index (χ1) is 17.8. The van der Waals surface area contributed by atoms with Gasteiger partial charge in [-0.15, -0.1) is 0 Å². The van der Waals surface area contributed by atoms with Gasteiger partial charge in [0.15, 0.2) is 5.03 Å².